The number of hydrogen-bond donors (Lipinski definition) is 0. The smallest absolute Gasteiger partial charge is 0.289 e. The van der Waals surface area contributed by atoms with Crippen molar-refractivity contribution in [1.29, 1.82) is 0 Å². The van der Waals surface area contributed by atoms with Gasteiger partial charge in [-0.3, -0.25) is 14.4 Å². The predicted octanol–water partition coefficient (Wildman–Crippen LogP) is 2.67. The zero-order chi connectivity index (χ0) is 22.2. The molecule has 0 spiro atoms. The highest BCUT2D eigenvalue weighted by Gasteiger charge is 2.33. The van der Waals surface area contributed by atoms with Gasteiger partial charge in [0.15, 0.2) is 5.76 Å². The van der Waals surface area contributed by atoms with E-state index in [9.17, 15) is 14.4 Å². The Morgan fingerprint density at radius 1 is 0.938 bits per heavy atom. The lowest BCUT2D eigenvalue weighted by molar-refractivity contribution is -0.138. The van der Waals surface area contributed by atoms with Crippen LogP contribution in [-0.4, -0.2) is 76.3 Å². The van der Waals surface area contributed by atoms with Crippen molar-refractivity contribution in [1.82, 2.24) is 19.3 Å². The van der Waals surface area contributed by atoms with E-state index in [0.29, 0.717) is 63.6 Å². The molecule has 8 nitrogen and oxygen atoms in total. The first kappa shape index (κ1) is 20.8. The molecule has 3 aromatic heterocycles. The Labute approximate surface area is 190 Å². The van der Waals surface area contributed by atoms with Crippen molar-refractivity contribution in [3.63, 3.8) is 0 Å². The summed E-state index contributed by atoms with van der Waals surface area (Å²) in [6.45, 7) is 3.26. The van der Waals surface area contributed by atoms with Crippen LogP contribution in [0.2, 0.25) is 0 Å². The minimum atomic E-state index is -0.130. The molecule has 2 saturated heterocycles. The number of carbonyl (C=O) groups excluding carboxylic acids is 3. The molecular formula is C23H26N4O4S. The van der Waals surface area contributed by atoms with Gasteiger partial charge in [-0.15, -0.1) is 11.3 Å². The molecule has 2 aliphatic rings. The summed E-state index contributed by atoms with van der Waals surface area (Å²) in [4.78, 5) is 43.9. The van der Waals surface area contributed by atoms with Crippen molar-refractivity contribution in [3.8, 4) is 0 Å². The molecule has 0 N–H and O–H groups in total. The van der Waals surface area contributed by atoms with Gasteiger partial charge in [-0.1, -0.05) is 0 Å². The number of piperazine rings is 1. The van der Waals surface area contributed by atoms with Gasteiger partial charge in [-0.05, 0) is 42.5 Å². The molecule has 0 radical (unpaired) electrons. The SMILES string of the molecule is Cn1c(C(=O)N2CCC(C(=O)N3CCN(C(=O)c4ccco4)CC3)CC2)cc2sccc21. The van der Waals surface area contributed by atoms with Crippen molar-refractivity contribution < 1.29 is 18.8 Å². The molecule has 0 aliphatic carbocycles. The number of amides is 3. The number of nitrogens with zero attached hydrogens (tertiary/aromatic N) is 4. The largest absolute Gasteiger partial charge is 0.459 e. The lowest BCUT2D eigenvalue weighted by Crippen LogP contribution is -2.53. The van der Waals surface area contributed by atoms with Gasteiger partial charge in [0.2, 0.25) is 5.91 Å². The van der Waals surface area contributed by atoms with Crippen LogP contribution in [0.5, 0.6) is 0 Å². The quantitative estimate of drug-likeness (QED) is 0.610. The van der Waals surface area contributed by atoms with E-state index in [1.165, 1.54) is 6.26 Å². The molecule has 168 valence electrons. The van der Waals surface area contributed by atoms with Crippen LogP contribution in [0, 0.1) is 5.92 Å². The Morgan fingerprint density at radius 3 is 2.28 bits per heavy atom. The second-order valence-corrected chi connectivity index (χ2v) is 9.37. The average Bonchev–Trinajstić information content (AvgIpc) is 3.58. The molecule has 0 saturated carbocycles. The first-order valence-corrected chi connectivity index (χ1v) is 11.8. The van der Waals surface area contributed by atoms with E-state index in [-0.39, 0.29) is 23.6 Å². The second-order valence-electron chi connectivity index (χ2n) is 8.42. The zero-order valence-electron chi connectivity index (χ0n) is 18.0. The maximum Gasteiger partial charge on any atom is 0.289 e. The molecule has 5 heterocycles. The summed E-state index contributed by atoms with van der Waals surface area (Å²) >= 11 is 1.64. The summed E-state index contributed by atoms with van der Waals surface area (Å²) in [6, 6.07) is 7.35. The van der Waals surface area contributed by atoms with E-state index in [1.54, 1.807) is 28.4 Å². The van der Waals surface area contributed by atoms with E-state index in [1.807, 2.05) is 38.9 Å². The standard InChI is InChI=1S/C23H26N4O4S/c1-24-17-6-14-32-20(17)15-18(24)22(29)25-7-4-16(5-8-25)21(28)26-9-11-27(12-10-26)23(30)19-3-2-13-31-19/h2-3,6,13-16H,4-5,7-12H2,1H3. The summed E-state index contributed by atoms with van der Waals surface area (Å²) in [5.41, 5.74) is 1.78. The number of aryl methyl sites for hydroxylation is 1. The van der Waals surface area contributed by atoms with E-state index < -0.39 is 0 Å². The highest BCUT2D eigenvalue weighted by atomic mass is 32.1. The molecule has 32 heavy (non-hydrogen) atoms. The second kappa shape index (κ2) is 8.46. The Kier molecular flexibility index (Phi) is 5.50. The Bertz CT molecular complexity index is 1130. The third kappa shape index (κ3) is 3.70. The number of aromatic nitrogens is 1. The third-order valence-electron chi connectivity index (χ3n) is 6.62. The Morgan fingerprint density at radius 2 is 1.62 bits per heavy atom. The molecule has 0 bridgehead atoms. The summed E-state index contributed by atoms with van der Waals surface area (Å²) < 4.78 is 8.26. The first-order valence-electron chi connectivity index (χ1n) is 11.0. The lowest BCUT2D eigenvalue weighted by Gasteiger charge is -2.38. The van der Waals surface area contributed by atoms with Crippen LogP contribution in [-0.2, 0) is 11.8 Å². The van der Waals surface area contributed by atoms with Gasteiger partial charge in [-0.2, -0.15) is 0 Å². The molecule has 2 aliphatic heterocycles. The first-order chi connectivity index (χ1) is 15.5. The fourth-order valence-corrected chi connectivity index (χ4v) is 5.54. The van der Waals surface area contributed by atoms with Crippen LogP contribution in [0.4, 0.5) is 0 Å². The molecule has 9 heteroatoms. The number of fused-ring (bicyclic) bond motifs is 1. The number of thiophene rings is 1. The van der Waals surface area contributed by atoms with Crippen LogP contribution in [0.1, 0.15) is 33.9 Å². The van der Waals surface area contributed by atoms with Gasteiger partial charge < -0.3 is 23.7 Å². The minimum Gasteiger partial charge on any atom is -0.459 e. The van der Waals surface area contributed by atoms with Crippen LogP contribution in [0.3, 0.4) is 0 Å². The van der Waals surface area contributed by atoms with E-state index >= 15 is 0 Å². The minimum absolute atomic E-state index is 0.0341. The number of rotatable bonds is 3. The third-order valence-corrected chi connectivity index (χ3v) is 7.48. The normalized spacial score (nSPS) is 17.8. The van der Waals surface area contributed by atoms with Crippen molar-refractivity contribution in [2.45, 2.75) is 12.8 Å². The lowest BCUT2D eigenvalue weighted by atomic mass is 9.94. The molecular weight excluding hydrogens is 428 g/mol. The van der Waals surface area contributed by atoms with Crippen LogP contribution in [0.25, 0.3) is 10.2 Å². The number of furan rings is 1. The number of piperidine rings is 1. The Hall–Kier alpha value is -3.07. The van der Waals surface area contributed by atoms with Gasteiger partial charge in [0.25, 0.3) is 11.8 Å². The van der Waals surface area contributed by atoms with E-state index in [2.05, 4.69) is 0 Å². The molecule has 0 unspecified atom stereocenters. The maximum absolute atomic E-state index is 13.0. The summed E-state index contributed by atoms with van der Waals surface area (Å²) in [7, 11) is 1.93. The predicted molar refractivity (Wildman–Crippen MR) is 121 cm³/mol. The monoisotopic (exact) mass is 454 g/mol. The van der Waals surface area contributed by atoms with E-state index in [4.69, 9.17) is 4.42 Å². The summed E-state index contributed by atoms with van der Waals surface area (Å²) in [5, 5.41) is 2.03. The maximum atomic E-state index is 13.0. The van der Waals surface area contributed by atoms with Crippen LogP contribution < -0.4 is 0 Å². The van der Waals surface area contributed by atoms with Gasteiger partial charge in [0.05, 0.1) is 16.5 Å². The van der Waals surface area contributed by atoms with Crippen molar-refractivity contribution >= 4 is 39.3 Å². The highest BCUT2D eigenvalue weighted by Crippen LogP contribution is 2.27. The van der Waals surface area contributed by atoms with Crippen molar-refractivity contribution in [3.05, 3.63) is 47.4 Å². The van der Waals surface area contributed by atoms with Crippen molar-refractivity contribution in [2.24, 2.45) is 13.0 Å². The number of carbonyl (C=O) groups is 3. The van der Waals surface area contributed by atoms with Gasteiger partial charge >= 0.3 is 0 Å². The van der Waals surface area contributed by atoms with Crippen LogP contribution >= 0.6 is 11.3 Å². The zero-order valence-corrected chi connectivity index (χ0v) is 18.8. The summed E-state index contributed by atoms with van der Waals surface area (Å²) in [6.07, 6.45) is 2.84. The average molecular weight is 455 g/mol. The fourth-order valence-electron chi connectivity index (χ4n) is 4.69. The highest BCUT2D eigenvalue weighted by molar-refractivity contribution is 7.17. The summed E-state index contributed by atoms with van der Waals surface area (Å²) in [5.74, 6) is 0.311. The van der Waals surface area contributed by atoms with Gasteiger partial charge in [0.1, 0.15) is 5.69 Å². The van der Waals surface area contributed by atoms with Crippen molar-refractivity contribution in [2.75, 3.05) is 39.3 Å². The number of hydrogen-bond acceptors (Lipinski definition) is 5. The number of likely N-dealkylation sites (tertiary alicyclic amines) is 1. The topological polar surface area (TPSA) is 79.0 Å². The molecule has 2 fully saturated rings. The van der Waals surface area contributed by atoms with Gasteiger partial charge in [-0.25, -0.2) is 0 Å². The van der Waals surface area contributed by atoms with Crippen LogP contribution in [0.15, 0.2) is 40.3 Å². The van der Waals surface area contributed by atoms with E-state index in [0.717, 1.165) is 10.2 Å². The molecule has 0 aromatic carbocycles. The molecule has 0 atom stereocenters. The molecule has 3 amide bonds. The van der Waals surface area contributed by atoms with Gasteiger partial charge in [0, 0.05) is 52.2 Å². The fraction of sp³-hybridized carbons (Fsp3) is 0.435. The molecule has 5 rings (SSSR count). The Balaban J connectivity index is 1.14. The molecule has 3 aromatic rings.